The maximum Gasteiger partial charge on any atom is 0.261 e. The predicted molar refractivity (Wildman–Crippen MR) is 132 cm³/mol. The third-order valence-electron chi connectivity index (χ3n) is 5.75. The Morgan fingerprint density at radius 1 is 0.912 bits per heavy atom. The number of aryl methyl sites for hydroxylation is 2. The van der Waals surface area contributed by atoms with Crippen molar-refractivity contribution in [3.05, 3.63) is 89.0 Å². The van der Waals surface area contributed by atoms with Crippen molar-refractivity contribution in [2.45, 2.75) is 38.1 Å². The summed E-state index contributed by atoms with van der Waals surface area (Å²) in [6.45, 7) is 3.82. The van der Waals surface area contributed by atoms with Crippen molar-refractivity contribution in [1.29, 1.82) is 0 Å². The van der Waals surface area contributed by atoms with Crippen molar-refractivity contribution >= 4 is 33.2 Å². The molecule has 1 fully saturated rings. The van der Waals surface area contributed by atoms with E-state index in [2.05, 4.69) is 15.4 Å². The van der Waals surface area contributed by atoms with Crippen molar-refractivity contribution in [2.24, 2.45) is 5.92 Å². The minimum Gasteiger partial charge on any atom is -0.348 e. The lowest BCUT2D eigenvalue weighted by atomic mass is 10.1. The monoisotopic (exact) mass is 477 g/mol. The maximum absolute atomic E-state index is 12.9. The second-order valence-corrected chi connectivity index (χ2v) is 10.2. The van der Waals surface area contributed by atoms with Crippen molar-refractivity contribution in [3.8, 4) is 0 Å². The molecule has 8 heteroatoms. The SMILES string of the molecule is Cc1ccccc1NS(=O)(=O)c1ccc(C)c(C(=O)NCc2cccc(NC(=O)C3CC3)c2)c1. The van der Waals surface area contributed by atoms with Gasteiger partial charge in [0.1, 0.15) is 0 Å². The first-order valence-electron chi connectivity index (χ1n) is 11.1. The summed E-state index contributed by atoms with van der Waals surface area (Å²) >= 11 is 0. The number of sulfonamides is 1. The predicted octanol–water partition coefficient (Wildman–Crippen LogP) is 4.38. The Labute approximate surface area is 199 Å². The molecule has 3 aromatic rings. The molecule has 0 radical (unpaired) electrons. The summed E-state index contributed by atoms with van der Waals surface area (Å²) in [6.07, 6.45) is 1.85. The highest BCUT2D eigenvalue weighted by Crippen LogP contribution is 2.30. The summed E-state index contributed by atoms with van der Waals surface area (Å²) in [6, 6.07) is 18.9. The number of nitrogens with one attached hydrogen (secondary N) is 3. The minimum absolute atomic E-state index is 0.0105. The van der Waals surface area contributed by atoms with Gasteiger partial charge in [0.25, 0.3) is 15.9 Å². The zero-order valence-corrected chi connectivity index (χ0v) is 19.9. The van der Waals surface area contributed by atoms with Gasteiger partial charge in [-0.3, -0.25) is 14.3 Å². The van der Waals surface area contributed by atoms with Crippen LogP contribution in [-0.4, -0.2) is 20.2 Å². The van der Waals surface area contributed by atoms with Crippen LogP contribution in [0.25, 0.3) is 0 Å². The number of hydrogen-bond donors (Lipinski definition) is 3. The third-order valence-corrected chi connectivity index (χ3v) is 7.11. The van der Waals surface area contributed by atoms with Crippen LogP contribution in [0.1, 0.15) is 39.9 Å². The Morgan fingerprint density at radius 2 is 1.68 bits per heavy atom. The largest absolute Gasteiger partial charge is 0.348 e. The van der Waals surface area contributed by atoms with Crippen LogP contribution in [-0.2, 0) is 21.4 Å². The molecule has 0 atom stereocenters. The fourth-order valence-electron chi connectivity index (χ4n) is 3.53. The molecule has 7 nitrogen and oxygen atoms in total. The van der Waals surface area contributed by atoms with E-state index in [1.54, 1.807) is 25.1 Å². The van der Waals surface area contributed by atoms with Gasteiger partial charge in [-0.2, -0.15) is 0 Å². The molecule has 0 bridgehead atoms. The van der Waals surface area contributed by atoms with Crippen LogP contribution in [0.3, 0.4) is 0 Å². The molecule has 0 aromatic heterocycles. The Kier molecular flexibility index (Phi) is 6.70. The maximum atomic E-state index is 12.9. The number of hydrogen-bond acceptors (Lipinski definition) is 4. The van der Waals surface area contributed by atoms with E-state index in [0.717, 1.165) is 24.0 Å². The smallest absolute Gasteiger partial charge is 0.261 e. The number of para-hydroxylation sites is 1. The highest BCUT2D eigenvalue weighted by atomic mass is 32.2. The molecule has 0 aliphatic heterocycles. The van der Waals surface area contributed by atoms with E-state index >= 15 is 0 Å². The van der Waals surface area contributed by atoms with Crippen LogP contribution in [0.15, 0.2) is 71.6 Å². The van der Waals surface area contributed by atoms with E-state index in [1.165, 1.54) is 12.1 Å². The van der Waals surface area contributed by atoms with Crippen molar-refractivity contribution in [3.63, 3.8) is 0 Å². The van der Waals surface area contributed by atoms with Crippen LogP contribution in [0.2, 0.25) is 0 Å². The van der Waals surface area contributed by atoms with Crippen LogP contribution in [0, 0.1) is 19.8 Å². The van der Waals surface area contributed by atoms with Gasteiger partial charge in [-0.1, -0.05) is 36.4 Å². The van der Waals surface area contributed by atoms with Gasteiger partial charge >= 0.3 is 0 Å². The van der Waals surface area contributed by atoms with Crippen LogP contribution in [0.4, 0.5) is 11.4 Å². The third kappa shape index (κ3) is 5.63. The highest BCUT2D eigenvalue weighted by Gasteiger charge is 2.29. The first-order valence-corrected chi connectivity index (χ1v) is 12.6. The molecule has 0 saturated heterocycles. The normalized spacial score (nSPS) is 13.2. The summed E-state index contributed by atoms with van der Waals surface area (Å²) in [5.74, 6) is -0.248. The zero-order chi connectivity index (χ0) is 24.3. The van der Waals surface area contributed by atoms with Gasteiger partial charge in [0.15, 0.2) is 0 Å². The Bertz CT molecular complexity index is 1350. The van der Waals surface area contributed by atoms with Gasteiger partial charge in [0.05, 0.1) is 10.6 Å². The van der Waals surface area contributed by atoms with Gasteiger partial charge in [0.2, 0.25) is 5.91 Å². The fraction of sp³-hybridized carbons (Fsp3) is 0.231. The molecule has 3 aromatic carbocycles. The lowest BCUT2D eigenvalue weighted by Gasteiger charge is -2.13. The quantitative estimate of drug-likeness (QED) is 0.448. The molecular formula is C26H27N3O4S. The number of rotatable bonds is 8. The Morgan fingerprint density at radius 3 is 2.41 bits per heavy atom. The lowest BCUT2D eigenvalue weighted by molar-refractivity contribution is -0.117. The molecule has 1 saturated carbocycles. The second-order valence-electron chi connectivity index (χ2n) is 8.54. The summed E-state index contributed by atoms with van der Waals surface area (Å²) in [5.41, 5.74) is 3.75. The number of benzene rings is 3. The summed E-state index contributed by atoms with van der Waals surface area (Å²) < 4.78 is 28.4. The van der Waals surface area contributed by atoms with Crippen LogP contribution >= 0.6 is 0 Å². The van der Waals surface area contributed by atoms with Crippen molar-refractivity contribution in [2.75, 3.05) is 10.0 Å². The standard InChI is InChI=1S/C26H27N3O4S/c1-17-10-13-22(34(32,33)29-24-9-4-3-6-18(24)2)15-23(17)26(31)27-16-19-7-5-8-21(14-19)28-25(30)20-11-12-20/h3-10,13-15,20,29H,11-12,16H2,1-2H3,(H,27,31)(H,28,30). The molecule has 1 aliphatic rings. The molecule has 0 unspecified atom stereocenters. The van der Waals surface area contributed by atoms with Crippen LogP contribution < -0.4 is 15.4 Å². The van der Waals surface area contributed by atoms with E-state index in [9.17, 15) is 18.0 Å². The van der Waals surface area contributed by atoms with Gasteiger partial charge in [-0.25, -0.2) is 8.42 Å². The number of carbonyl (C=O) groups excluding carboxylic acids is 2. The molecule has 2 amide bonds. The second kappa shape index (κ2) is 9.69. The summed E-state index contributed by atoms with van der Waals surface area (Å²) in [7, 11) is -3.87. The molecule has 176 valence electrons. The summed E-state index contributed by atoms with van der Waals surface area (Å²) in [4.78, 5) is 24.9. The first-order chi connectivity index (χ1) is 16.2. The van der Waals surface area contributed by atoms with Crippen molar-refractivity contribution in [1.82, 2.24) is 5.32 Å². The van der Waals surface area contributed by atoms with E-state index in [0.29, 0.717) is 16.9 Å². The molecule has 0 spiro atoms. The summed E-state index contributed by atoms with van der Waals surface area (Å²) in [5, 5.41) is 5.74. The molecule has 3 N–H and O–H groups in total. The molecule has 0 heterocycles. The van der Waals surface area contributed by atoms with E-state index in [4.69, 9.17) is 0 Å². The molecule has 34 heavy (non-hydrogen) atoms. The first kappa shape index (κ1) is 23.5. The molecule has 1 aliphatic carbocycles. The van der Waals surface area contributed by atoms with Gasteiger partial charge in [-0.15, -0.1) is 0 Å². The van der Waals surface area contributed by atoms with E-state index in [1.807, 2.05) is 43.3 Å². The number of anilines is 2. The number of amides is 2. The average Bonchev–Trinajstić information content (AvgIpc) is 3.65. The Hall–Kier alpha value is -3.65. The minimum atomic E-state index is -3.87. The van der Waals surface area contributed by atoms with Gasteiger partial charge in [-0.05, 0) is 73.7 Å². The van der Waals surface area contributed by atoms with Gasteiger partial charge in [0, 0.05) is 23.7 Å². The molecule has 4 rings (SSSR count). The zero-order valence-electron chi connectivity index (χ0n) is 19.1. The van der Waals surface area contributed by atoms with Crippen LogP contribution in [0.5, 0.6) is 0 Å². The highest BCUT2D eigenvalue weighted by molar-refractivity contribution is 7.92. The van der Waals surface area contributed by atoms with E-state index in [-0.39, 0.29) is 34.7 Å². The number of carbonyl (C=O) groups is 2. The topological polar surface area (TPSA) is 104 Å². The lowest BCUT2D eigenvalue weighted by Crippen LogP contribution is -2.24. The Balaban J connectivity index is 1.46. The van der Waals surface area contributed by atoms with Crippen molar-refractivity contribution < 1.29 is 18.0 Å². The fourth-order valence-corrected chi connectivity index (χ4v) is 4.69. The average molecular weight is 478 g/mol. The van der Waals surface area contributed by atoms with E-state index < -0.39 is 10.0 Å². The molecular weight excluding hydrogens is 450 g/mol. The van der Waals surface area contributed by atoms with Gasteiger partial charge < -0.3 is 10.6 Å².